The van der Waals surface area contributed by atoms with E-state index in [-0.39, 0.29) is 12.5 Å². The van der Waals surface area contributed by atoms with Crippen molar-refractivity contribution >= 4 is 22.4 Å². The van der Waals surface area contributed by atoms with Crippen LogP contribution in [-0.2, 0) is 9.53 Å². The van der Waals surface area contributed by atoms with Gasteiger partial charge in [-0.25, -0.2) is 4.98 Å². The Bertz CT molecular complexity index is 650. The largest absolute Gasteiger partial charge is 0.494 e. The van der Waals surface area contributed by atoms with Crippen LogP contribution in [0.15, 0.2) is 29.6 Å². The summed E-state index contributed by atoms with van der Waals surface area (Å²) in [6.45, 7) is 3.38. The number of nitrogens with one attached hydrogen (secondary N) is 1. The third-order valence-corrected chi connectivity index (χ3v) is 4.25. The highest BCUT2D eigenvalue weighted by atomic mass is 32.1. The quantitative estimate of drug-likeness (QED) is 0.803. The van der Waals surface area contributed by atoms with Crippen molar-refractivity contribution in [3.63, 3.8) is 0 Å². The van der Waals surface area contributed by atoms with E-state index in [9.17, 15) is 4.79 Å². The molecule has 0 unspecified atom stereocenters. The van der Waals surface area contributed by atoms with Crippen LogP contribution in [-0.4, -0.2) is 30.7 Å². The molecule has 1 aromatic heterocycles. The fourth-order valence-corrected chi connectivity index (χ4v) is 2.85. The Hall–Kier alpha value is -1.92. The first-order chi connectivity index (χ1) is 11.2. The molecule has 1 amide bonds. The lowest BCUT2D eigenvalue weighted by Crippen LogP contribution is -2.18. The number of thiazole rings is 1. The number of rotatable bonds is 8. The molecule has 1 heterocycles. The number of benzene rings is 1. The number of hydrogen-bond acceptors (Lipinski definition) is 5. The minimum absolute atomic E-state index is 0.0917. The summed E-state index contributed by atoms with van der Waals surface area (Å²) in [7, 11) is 0. The average molecular weight is 332 g/mol. The number of ether oxygens (including phenoxy) is 2. The molecule has 1 N–H and O–H groups in total. The Morgan fingerprint density at radius 1 is 1.35 bits per heavy atom. The summed E-state index contributed by atoms with van der Waals surface area (Å²) in [5.74, 6) is 1.35. The van der Waals surface area contributed by atoms with Crippen LogP contribution >= 0.6 is 11.3 Å². The molecule has 1 aliphatic rings. The number of carbonyl (C=O) groups is 1. The zero-order valence-corrected chi connectivity index (χ0v) is 13.9. The lowest BCUT2D eigenvalue weighted by atomic mass is 10.2. The van der Waals surface area contributed by atoms with Gasteiger partial charge in [-0.15, -0.1) is 11.3 Å². The number of nitrogens with zero attached hydrogens (tertiary/aromatic N) is 1. The summed E-state index contributed by atoms with van der Waals surface area (Å²) < 4.78 is 10.8. The third kappa shape index (κ3) is 4.77. The van der Waals surface area contributed by atoms with E-state index in [0.29, 0.717) is 24.3 Å². The Kier molecular flexibility index (Phi) is 5.25. The first-order valence-corrected chi connectivity index (χ1v) is 8.69. The first kappa shape index (κ1) is 16.0. The second-order valence-electron chi connectivity index (χ2n) is 5.50. The molecule has 23 heavy (non-hydrogen) atoms. The lowest BCUT2D eigenvalue weighted by Gasteiger charge is -2.04. The van der Waals surface area contributed by atoms with Gasteiger partial charge in [0, 0.05) is 10.9 Å². The van der Waals surface area contributed by atoms with E-state index in [1.165, 1.54) is 24.2 Å². The van der Waals surface area contributed by atoms with E-state index in [1.807, 2.05) is 36.6 Å². The Balaban J connectivity index is 1.53. The van der Waals surface area contributed by atoms with E-state index < -0.39 is 0 Å². The molecule has 122 valence electrons. The predicted molar refractivity (Wildman–Crippen MR) is 90.9 cm³/mol. The number of aromatic nitrogens is 1. The van der Waals surface area contributed by atoms with Crippen LogP contribution in [0.4, 0.5) is 5.13 Å². The Labute approximate surface area is 139 Å². The second-order valence-corrected chi connectivity index (χ2v) is 6.36. The molecule has 1 aliphatic carbocycles. The Morgan fingerprint density at radius 2 is 2.13 bits per heavy atom. The maximum Gasteiger partial charge on any atom is 0.252 e. The molecule has 0 atom stereocenters. The van der Waals surface area contributed by atoms with Crippen LogP contribution < -0.4 is 10.1 Å². The molecule has 2 aromatic rings. The SMILES string of the molecule is CCOc1ccc(-c2csc(NC(=O)COCC3CC3)n2)cc1. The van der Waals surface area contributed by atoms with Gasteiger partial charge in [0.25, 0.3) is 5.91 Å². The van der Waals surface area contributed by atoms with E-state index in [1.54, 1.807) is 0 Å². The van der Waals surface area contributed by atoms with Crippen LogP contribution in [0.1, 0.15) is 19.8 Å². The van der Waals surface area contributed by atoms with Crippen LogP contribution in [0.3, 0.4) is 0 Å². The Morgan fingerprint density at radius 3 is 2.83 bits per heavy atom. The van der Waals surface area contributed by atoms with Crippen LogP contribution in [0.25, 0.3) is 11.3 Å². The van der Waals surface area contributed by atoms with Gasteiger partial charge in [-0.2, -0.15) is 0 Å². The van der Waals surface area contributed by atoms with Crippen molar-refractivity contribution in [3.8, 4) is 17.0 Å². The molecule has 1 aromatic carbocycles. The zero-order valence-electron chi connectivity index (χ0n) is 13.1. The average Bonchev–Trinajstić information content (AvgIpc) is 3.26. The highest BCUT2D eigenvalue weighted by Crippen LogP contribution is 2.29. The number of carbonyl (C=O) groups excluding carboxylic acids is 1. The summed E-state index contributed by atoms with van der Waals surface area (Å²) in [4.78, 5) is 16.2. The van der Waals surface area contributed by atoms with E-state index in [0.717, 1.165) is 17.0 Å². The van der Waals surface area contributed by atoms with Gasteiger partial charge in [-0.05, 0) is 49.9 Å². The van der Waals surface area contributed by atoms with Crippen molar-refractivity contribution in [1.82, 2.24) is 4.98 Å². The van der Waals surface area contributed by atoms with Gasteiger partial charge in [0.15, 0.2) is 5.13 Å². The van der Waals surface area contributed by atoms with E-state index in [4.69, 9.17) is 9.47 Å². The van der Waals surface area contributed by atoms with Gasteiger partial charge < -0.3 is 9.47 Å². The number of amides is 1. The number of anilines is 1. The van der Waals surface area contributed by atoms with Crippen molar-refractivity contribution in [1.29, 1.82) is 0 Å². The van der Waals surface area contributed by atoms with Crippen molar-refractivity contribution in [2.75, 3.05) is 25.1 Å². The molecule has 1 fully saturated rings. The highest BCUT2D eigenvalue weighted by Gasteiger charge is 2.21. The van der Waals surface area contributed by atoms with Gasteiger partial charge in [-0.3, -0.25) is 10.1 Å². The molecule has 5 nitrogen and oxygen atoms in total. The van der Waals surface area contributed by atoms with E-state index in [2.05, 4.69) is 10.3 Å². The van der Waals surface area contributed by atoms with Crippen LogP contribution in [0.2, 0.25) is 0 Å². The van der Waals surface area contributed by atoms with Gasteiger partial charge >= 0.3 is 0 Å². The summed E-state index contributed by atoms with van der Waals surface area (Å²) in [6, 6.07) is 7.76. The fourth-order valence-electron chi connectivity index (χ4n) is 2.11. The highest BCUT2D eigenvalue weighted by molar-refractivity contribution is 7.14. The molecule has 0 spiro atoms. The molecule has 0 radical (unpaired) electrons. The normalized spacial score (nSPS) is 13.8. The monoisotopic (exact) mass is 332 g/mol. The minimum Gasteiger partial charge on any atom is -0.494 e. The summed E-state index contributed by atoms with van der Waals surface area (Å²) >= 11 is 1.41. The molecule has 3 rings (SSSR count). The topological polar surface area (TPSA) is 60.5 Å². The standard InChI is InChI=1S/C17H20N2O3S/c1-2-22-14-7-5-13(6-8-14)15-11-23-17(18-15)19-16(20)10-21-9-12-3-4-12/h5-8,11-12H,2-4,9-10H2,1H3,(H,18,19,20). The van der Waals surface area contributed by atoms with Crippen LogP contribution in [0.5, 0.6) is 5.75 Å². The summed E-state index contributed by atoms with van der Waals surface area (Å²) in [5.41, 5.74) is 1.84. The summed E-state index contributed by atoms with van der Waals surface area (Å²) in [6.07, 6.45) is 2.44. The number of hydrogen-bond donors (Lipinski definition) is 1. The fraction of sp³-hybridized carbons (Fsp3) is 0.412. The van der Waals surface area contributed by atoms with Crippen molar-refractivity contribution in [2.24, 2.45) is 5.92 Å². The maximum atomic E-state index is 11.8. The van der Waals surface area contributed by atoms with E-state index >= 15 is 0 Å². The van der Waals surface area contributed by atoms with Gasteiger partial charge in [0.2, 0.25) is 0 Å². The van der Waals surface area contributed by atoms with Gasteiger partial charge in [0.05, 0.1) is 18.9 Å². The predicted octanol–water partition coefficient (Wildman–Crippen LogP) is 3.57. The van der Waals surface area contributed by atoms with Gasteiger partial charge in [-0.1, -0.05) is 0 Å². The molecule has 0 saturated heterocycles. The first-order valence-electron chi connectivity index (χ1n) is 7.81. The molecule has 0 aliphatic heterocycles. The second kappa shape index (κ2) is 7.57. The molecule has 1 saturated carbocycles. The molecular weight excluding hydrogens is 312 g/mol. The van der Waals surface area contributed by atoms with Crippen molar-refractivity contribution in [3.05, 3.63) is 29.6 Å². The smallest absolute Gasteiger partial charge is 0.252 e. The van der Waals surface area contributed by atoms with Crippen LogP contribution in [0, 0.1) is 5.92 Å². The van der Waals surface area contributed by atoms with Crippen molar-refractivity contribution in [2.45, 2.75) is 19.8 Å². The molecule has 6 heteroatoms. The molecular formula is C17H20N2O3S. The van der Waals surface area contributed by atoms with Crippen molar-refractivity contribution < 1.29 is 14.3 Å². The maximum absolute atomic E-state index is 11.8. The zero-order chi connectivity index (χ0) is 16.1. The van der Waals surface area contributed by atoms with Gasteiger partial charge in [0.1, 0.15) is 12.4 Å². The third-order valence-electron chi connectivity index (χ3n) is 3.50. The molecule has 0 bridgehead atoms. The lowest BCUT2D eigenvalue weighted by molar-refractivity contribution is -0.120. The minimum atomic E-state index is -0.154. The summed E-state index contributed by atoms with van der Waals surface area (Å²) in [5, 5.41) is 5.30.